The van der Waals surface area contributed by atoms with E-state index in [4.69, 9.17) is 5.26 Å². The van der Waals surface area contributed by atoms with Crippen molar-refractivity contribution in [2.24, 2.45) is 0 Å². The molecule has 132 valence electrons. The van der Waals surface area contributed by atoms with E-state index in [1.165, 1.54) is 11.8 Å². The van der Waals surface area contributed by atoms with Gasteiger partial charge in [0.1, 0.15) is 0 Å². The first kappa shape index (κ1) is 18.4. The number of nitriles is 1. The summed E-state index contributed by atoms with van der Waals surface area (Å²) in [5, 5.41) is 11.7. The summed E-state index contributed by atoms with van der Waals surface area (Å²) >= 11 is 1.39. The average Bonchev–Trinajstić information content (AvgIpc) is 2.73. The second-order valence-corrected chi connectivity index (χ2v) is 6.80. The van der Waals surface area contributed by atoms with Crippen molar-refractivity contribution in [2.75, 3.05) is 11.1 Å². The SMILES string of the molecule is N#Cc1cccc(NC(=O)c2cccc(SCC(=O)c3ccccc3)c2)c1. The van der Waals surface area contributed by atoms with Gasteiger partial charge in [-0.1, -0.05) is 42.5 Å². The van der Waals surface area contributed by atoms with Crippen molar-refractivity contribution < 1.29 is 9.59 Å². The Labute approximate surface area is 161 Å². The van der Waals surface area contributed by atoms with E-state index in [2.05, 4.69) is 5.32 Å². The Bertz CT molecular complexity index is 1010. The lowest BCUT2D eigenvalue weighted by molar-refractivity contribution is 0.101. The first-order valence-corrected chi connectivity index (χ1v) is 9.27. The summed E-state index contributed by atoms with van der Waals surface area (Å²) in [6.07, 6.45) is 0. The van der Waals surface area contributed by atoms with E-state index in [1.54, 1.807) is 54.6 Å². The van der Waals surface area contributed by atoms with Crippen LogP contribution in [0.15, 0.2) is 83.8 Å². The molecule has 0 heterocycles. The number of benzene rings is 3. The maximum absolute atomic E-state index is 12.5. The quantitative estimate of drug-likeness (QED) is 0.499. The first-order chi connectivity index (χ1) is 13.2. The molecule has 3 aromatic carbocycles. The van der Waals surface area contributed by atoms with Crippen molar-refractivity contribution >= 4 is 29.1 Å². The highest BCUT2D eigenvalue weighted by atomic mass is 32.2. The standard InChI is InChI=1S/C22H16N2O2S/c23-14-16-6-4-10-19(12-16)24-22(26)18-9-5-11-20(13-18)27-15-21(25)17-7-2-1-3-8-17/h1-13H,15H2,(H,24,26). The van der Waals surface area contributed by atoms with Gasteiger partial charge in [0.25, 0.3) is 5.91 Å². The Kier molecular flexibility index (Phi) is 6.03. The van der Waals surface area contributed by atoms with Crippen molar-refractivity contribution in [3.63, 3.8) is 0 Å². The molecule has 0 aliphatic heterocycles. The highest BCUT2D eigenvalue weighted by molar-refractivity contribution is 8.00. The maximum atomic E-state index is 12.5. The van der Waals surface area contributed by atoms with Crippen LogP contribution in [-0.2, 0) is 0 Å². The number of hydrogen-bond donors (Lipinski definition) is 1. The number of anilines is 1. The van der Waals surface area contributed by atoms with Crippen LogP contribution in [0.1, 0.15) is 26.3 Å². The molecule has 1 N–H and O–H groups in total. The van der Waals surface area contributed by atoms with Gasteiger partial charge in [-0.15, -0.1) is 11.8 Å². The molecule has 1 amide bonds. The number of nitrogens with one attached hydrogen (secondary N) is 1. The number of nitrogens with zero attached hydrogens (tertiary/aromatic N) is 1. The van der Waals surface area contributed by atoms with Gasteiger partial charge in [0.15, 0.2) is 5.78 Å². The van der Waals surface area contributed by atoms with Crippen molar-refractivity contribution in [3.8, 4) is 6.07 Å². The molecule has 5 heteroatoms. The van der Waals surface area contributed by atoms with Crippen LogP contribution in [0, 0.1) is 11.3 Å². The summed E-state index contributed by atoms with van der Waals surface area (Å²) in [6.45, 7) is 0. The monoisotopic (exact) mass is 372 g/mol. The molecule has 0 fully saturated rings. The zero-order valence-electron chi connectivity index (χ0n) is 14.4. The van der Waals surface area contributed by atoms with Crippen molar-refractivity contribution in [1.82, 2.24) is 0 Å². The van der Waals surface area contributed by atoms with E-state index in [-0.39, 0.29) is 11.7 Å². The van der Waals surface area contributed by atoms with Gasteiger partial charge in [-0.3, -0.25) is 9.59 Å². The number of rotatable bonds is 6. The van der Waals surface area contributed by atoms with E-state index in [9.17, 15) is 9.59 Å². The van der Waals surface area contributed by atoms with Crippen LogP contribution < -0.4 is 5.32 Å². The van der Waals surface area contributed by atoms with Gasteiger partial charge >= 0.3 is 0 Å². The van der Waals surface area contributed by atoms with Crippen molar-refractivity contribution in [2.45, 2.75) is 4.90 Å². The number of amides is 1. The van der Waals surface area contributed by atoms with Gasteiger partial charge in [0.05, 0.1) is 17.4 Å². The van der Waals surface area contributed by atoms with E-state index in [1.807, 2.05) is 30.3 Å². The Morgan fingerprint density at radius 3 is 2.41 bits per heavy atom. The Morgan fingerprint density at radius 1 is 0.889 bits per heavy atom. The Morgan fingerprint density at radius 2 is 1.63 bits per heavy atom. The highest BCUT2D eigenvalue weighted by Gasteiger charge is 2.10. The highest BCUT2D eigenvalue weighted by Crippen LogP contribution is 2.21. The van der Waals surface area contributed by atoms with E-state index >= 15 is 0 Å². The fraction of sp³-hybridized carbons (Fsp3) is 0.0455. The predicted octanol–water partition coefficient (Wildman–Crippen LogP) is 4.79. The normalized spacial score (nSPS) is 10.0. The lowest BCUT2D eigenvalue weighted by atomic mass is 10.2. The van der Waals surface area contributed by atoms with Crippen molar-refractivity contribution in [3.05, 3.63) is 95.6 Å². The molecule has 0 aromatic heterocycles. The van der Waals surface area contributed by atoms with Gasteiger partial charge in [-0.05, 0) is 36.4 Å². The van der Waals surface area contributed by atoms with Crippen LogP contribution in [0.3, 0.4) is 0 Å². The minimum Gasteiger partial charge on any atom is -0.322 e. The zero-order valence-corrected chi connectivity index (χ0v) is 15.2. The van der Waals surface area contributed by atoms with Gasteiger partial charge in [0.2, 0.25) is 0 Å². The molecule has 0 unspecified atom stereocenters. The molecule has 0 spiro atoms. The molecular formula is C22H16N2O2S. The first-order valence-electron chi connectivity index (χ1n) is 8.28. The predicted molar refractivity (Wildman–Crippen MR) is 107 cm³/mol. The molecule has 4 nitrogen and oxygen atoms in total. The third kappa shape index (κ3) is 5.06. The van der Waals surface area contributed by atoms with E-state index in [0.29, 0.717) is 28.1 Å². The molecule has 0 bridgehead atoms. The second kappa shape index (κ2) is 8.84. The number of carbonyl (C=O) groups excluding carboxylic acids is 2. The minimum absolute atomic E-state index is 0.0452. The van der Waals surface area contributed by atoms with Crippen molar-refractivity contribution in [1.29, 1.82) is 5.26 Å². The summed E-state index contributed by atoms with van der Waals surface area (Å²) in [6, 6.07) is 25.1. The number of carbonyl (C=O) groups is 2. The van der Waals surface area contributed by atoms with Gasteiger partial charge in [0, 0.05) is 21.7 Å². The Balaban J connectivity index is 1.65. The second-order valence-electron chi connectivity index (χ2n) is 5.75. The Hall–Kier alpha value is -3.36. The molecule has 0 aliphatic carbocycles. The summed E-state index contributed by atoms with van der Waals surface area (Å²) in [7, 11) is 0. The van der Waals surface area contributed by atoms with Gasteiger partial charge < -0.3 is 5.32 Å². The minimum atomic E-state index is -0.262. The molecule has 0 saturated heterocycles. The molecule has 27 heavy (non-hydrogen) atoms. The van der Waals surface area contributed by atoms with Crippen LogP contribution in [0.5, 0.6) is 0 Å². The zero-order chi connectivity index (χ0) is 19.1. The summed E-state index contributed by atoms with van der Waals surface area (Å²) in [4.78, 5) is 25.5. The number of ketones is 1. The van der Waals surface area contributed by atoms with E-state index < -0.39 is 0 Å². The third-order valence-electron chi connectivity index (χ3n) is 3.81. The maximum Gasteiger partial charge on any atom is 0.255 e. The lowest BCUT2D eigenvalue weighted by Crippen LogP contribution is -2.12. The molecule has 0 aliphatic rings. The van der Waals surface area contributed by atoms with Crippen LogP contribution in [0.2, 0.25) is 0 Å². The largest absolute Gasteiger partial charge is 0.322 e. The summed E-state index contributed by atoms with van der Waals surface area (Å²) in [5.74, 6) is 0.0879. The van der Waals surface area contributed by atoms with Gasteiger partial charge in [-0.25, -0.2) is 0 Å². The molecule has 0 radical (unpaired) electrons. The fourth-order valence-electron chi connectivity index (χ4n) is 2.45. The number of thioether (sulfide) groups is 1. The number of hydrogen-bond acceptors (Lipinski definition) is 4. The third-order valence-corrected chi connectivity index (χ3v) is 4.81. The summed E-state index contributed by atoms with van der Waals surface area (Å²) in [5.41, 5.74) is 2.22. The molecule has 0 saturated carbocycles. The fourth-order valence-corrected chi connectivity index (χ4v) is 3.30. The number of Topliss-reactive ketones (excluding diaryl/α,β-unsaturated/α-hetero) is 1. The molecular weight excluding hydrogens is 356 g/mol. The van der Waals surface area contributed by atoms with Crippen LogP contribution in [0.25, 0.3) is 0 Å². The molecule has 0 atom stereocenters. The van der Waals surface area contributed by atoms with Gasteiger partial charge in [-0.2, -0.15) is 5.26 Å². The van der Waals surface area contributed by atoms with Crippen LogP contribution in [0.4, 0.5) is 5.69 Å². The smallest absolute Gasteiger partial charge is 0.255 e. The lowest BCUT2D eigenvalue weighted by Gasteiger charge is -2.07. The average molecular weight is 372 g/mol. The van der Waals surface area contributed by atoms with Crippen LogP contribution >= 0.6 is 11.8 Å². The van der Waals surface area contributed by atoms with Crippen LogP contribution in [-0.4, -0.2) is 17.4 Å². The summed E-state index contributed by atoms with van der Waals surface area (Å²) < 4.78 is 0. The topological polar surface area (TPSA) is 70.0 Å². The molecule has 3 rings (SSSR count). The van der Waals surface area contributed by atoms with E-state index in [0.717, 1.165) is 4.90 Å². The molecule has 3 aromatic rings.